The molecule has 0 aliphatic rings. The van der Waals surface area contributed by atoms with E-state index in [-0.39, 0.29) is 11.3 Å². The third kappa shape index (κ3) is 4.72. The first-order valence-corrected chi connectivity index (χ1v) is 7.88. The molecule has 2 rings (SSSR count). The summed E-state index contributed by atoms with van der Waals surface area (Å²) in [7, 11) is 0. The van der Waals surface area contributed by atoms with Gasteiger partial charge in [-0.05, 0) is 42.7 Å². The molecule has 0 bridgehead atoms. The van der Waals surface area contributed by atoms with Gasteiger partial charge in [0.1, 0.15) is 5.82 Å². The average Bonchev–Trinajstić information content (AvgIpc) is 2.53. The molecule has 2 aromatic rings. The fraction of sp³-hybridized carbons (Fsp3) is 0.125. The van der Waals surface area contributed by atoms with Crippen LogP contribution in [0, 0.1) is 5.82 Å². The van der Waals surface area contributed by atoms with Crippen LogP contribution in [0.5, 0.6) is 0 Å². The maximum absolute atomic E-state index is 12.9. The highest BCUT2D eigenvalue weighted by molar-refractivity contribution is 7.98. The van der Waals surface area contributed by atoms with Crippen LogP contribution in [-0.4, -0.2) is 24.7 Å². The predicted molar refractivity (Wildman–Crippen MR) is 87.9 cm³/mol. The van der Waals surface area contributed by atoms with Crippen LogP contribution in [0.4, 0.5) is 15.8 Å². The van der Waals surface area contributed by atoms with Crippen LogP contribution < -0.4 is 11.1 Å². The van der Waals surface area contributed by atoms with Gasteiger partial charge in [-0.2, -0.15) is 0 Å². The fourth-order valence-electron chi connectivity index (χ4n) is 1.83. The number of ether oxygens (including phenoxy) is 1. The molecule has 0 aliphatic heterocycles. The molecule has 0 heterocycles. The van der Waals surface area contributed by atoms with Crippen LogP contribution in [0.3, 0.4) is 0 Å². The summed E-state index contributed by atoms with van der Waals surface area (Å²) in [6.07, 6.45) is 1.93. The van der Waals surface area contributed by atoms with Crippen LogP contribution in [-0.2, 0) is 9.53 Å². The van der Waals surface area contributed by atoms with E-state index in [4.69, 9.17) is 10.5 Å². The van der Waals surface area contributed by atoms with Crippen LogP contribution in [0.2, 0.25) is 0 Å². The van der Waals surface area contributed by atoms with Crippen LogP contribution >= 0.6 is 11.8 Å². The Morgan fingerprint density at radius 3 is 2.74 bits per heavy atom. The standard InChI is InChI=1S/C16H15FN2O3S/c1-23-12-4-2-3-11(8-12)19-15(20)9-22-16(21)13-6-5-10(17)7-14(13)18/h2-8H,9,18H2,1H3,(H,19,20). The van der Waals surface area contributed by atoms with Crippen LogP contribution in [0.1, 0.15) is 10.4 Å². The summed E-state index contributed by atoms with van der Waals surface area (Å²) >= 11 is 1.55. The van der Waals surface area contributed by atoms with E-state index < -0.39 is 24.3 Å². The zero-order valence-electron chi connectivity index (χ0n) is 12.3. The lowest BCUT2D eigenvalue weighted by Gasteiger charge is -2.08. The molecule has 0 spiro atoms. The number of rotatable bonds is 5. The minimum atomic E-state index is -0.782. The highest BCUT2D eigenvalue weighted by atomic mass is 32.2. The predicted octanol–water partition coefficient (Wildman–Crippen LogP) is 2.93. The molecule has 0 aliphatic carbocycles. The Bertz CT molecular complexity index is 737. The van der Waals surface area contributed by atoms with E-state index >= 15 is 0 Å². The highest BCUT2D eigenvalue weighted by Gasteiger charge is 2.14. The van der Waals surface area contributed by atoms with Crippen molar-refractivity contribution < 1.29 is 18.7 Å². The number of carbonyl (C=O) groups excluding carboxylic acids is 2. The van der Waals surface area contributed by atoms with Crippen molar-refractivity contribution in [1.82, 2.24) is 0 Å². The molecule has 120 valence electrons. The largest absolute Gasteiger partial charge is 0.452 e. The summed E-state index contributed by atoms with van der Waals surface area (Å²) in [5.74, 6) is -1.81. The van der Waals surface area contributed by atoms with Crippen molar-refractivity contribution in [2.24, 2.45) is 0 Å². The molecule has 0 fully saturated rings. The average molecular weight is 334 g/mol. The second-order valence-corrected chi connectivity index (χ2v) is 5.47. The molecule has 0 aromatic heterocycles. The van der Waals surface area contributed by atoms with E-state index in [1.54, 1.807) is 17.8 Å². The van der Waals surface area contributed by atoms with Gasteiger partial charge in [-0.15, -0.1) is 11.8 Å². The fourth-order valence-corrected chi connectivity index (χ4v) is 2.29. The van der Waals surface area contributed by atoms with Gasteiger partial charge in [-0.25, -0.2) is 9.18 Å². The van der Waals surface area contributed by atoms with Crippen molar-refractivity contribution in [3.05, 3.63) is 53.8 Å². The molecule has 0 unspecified atom stereocenters. The van der Waals surface area contributed by atoms with Gasteiger partial charge in [-0.1, -0.05) is 6.07 Å². The molecule has 23 heavy (non-hydrogen) atoms. The topological polar surface area (TPSA) is 81.4 Å². The first-order chi connectivity index (χ1) is 11.0. The number of amides is 1. The molecular weight excluding hydrogens is 319 g/mol. The van der Waals surface area contributed by atoms with Crippen LogP contribution in [0.25, 0.3) is 0 Å². The van der Waals surface area contributed by atoms with Crippen LogP contribution in [0.15, 0.2) is 47.4 Å². The van der Waals surface area contributed by atoms with Crippen molar-refractivity contribution in [2.45, 2.75) is 4.90 Å². The summed E-state index contributed by atoms with van der Waals surface area (Å²) < 4.78 is 17.8. The molecule has 2 aromatic carbocycles. The number of esters is 1. The number of thioether (sulfide) groups is 1. The molecular formula is C16H15FN2O3S. The number of carbonyl (C=O) groups is 2. The SMILES string of the molecule is CSc1cccc(NC(=O)COC(=O)c2ccc(F)cc2N)c1. The summed E-state index contributed by atoms with van der Waals surface area (Å²) in [6, 6.07) is 10.6. The van der Waals surface area contributed by atoms with E-state index in [9.17, 15) is 14.0 Å². The molecule has 5 nitrogen and oxygen atoms in total. The minimum Gasteiger partial charge on any atom is -0.452 e. The van der Waals surface area contributed by atoms with Crippen molar-refractivity contribution in [1.29, 1.82) is 0 Å². The Kier molecular flexibility index (Phi) is 5.59. The Hall–Kier alpha value is -2.54. The highest BCUT2D eigenvalue weighted by Crippen LogP contribution is 2.19. The normalized spacial score (nSPS) is 10.2. The molecule has 0 saturated carbocycles. The van der Waals surface area contributed by atoms with Gasteiger partial charge >= 0.3 is 5.97 Å². The number of hydrogen-bond donors (Lipinski definition) is 2. The number of hydrogen-bond acceptors (Lipinski definition) is 5. The maximum atomic E-state index is 12.9. The summed E-state index contributed by atoms with van der Waals surface area (Å²) in [6.45, 7) is -0.459. The molecule has 3 N–H and O–H groups in total. The zero-order chi connectivity index (χ0) is 16.8. The number of nitrogens with two attached hydrogens (primary N) is 1. The van der Waals surface area contributed by atoms with E-state index in [0.29, 0.717) is 5.69 Å². The Balaban J connectivity index is 1.92. The Morgan fingerprint density at radius 1 is 1.26 bits per heavy atom. The Labute approximate surface area is 137 Å². The van der Waals surface area contributed by atoms with Crippen molar-refractivity contribution in [2.75, 3.05) is 23.9 Å². The summed E-state index contributed by atoms with van der Waals surface area (Å²) in [5, 5.41) is 2.63. The van der Waals surface area contributed by atoms with E-state index in [0.717, 1.165) is 17.0 Å². The van der Waals surface area contributed by atoms with Gasteiger partial charge in [0, 0.05) is 16.3 Å². The molecule has 0 radical (unpaired) electrons. The number of nitrogens with one attached hydrogen (secondary N) is 1. The molecule has 7 heteroatoms. The van der Waals surface area contributed by atoms with Crippen molar-refractivity contribution in [3.63, 3.8) is 0 Å². The van der Waals surface area contributed by atoms with Gasteiger partial charge < -0.3 is 15.8 Å². The number of benzene rings is 2. The zero-order valence-corrected chi connectivity index (χ0v) is 13.2. The third-order valence-corrected chi connectivity index (χ3v) is 3.65. The van der Waals surface area contributed by atoms with E-state index in [1.165, 1.54) is 6.07 Å². The first-order valence-electron chi connectivity index (χ1n) is 6.65. The van der Waals surface area contributed by atoms with E-state index in [1.807, 2.05) is 24.5 Å². The lowest BCUT2D eigenvalue weighted by atomic mass is 10.2. The quantitative estimate of drug-likeness (QED) is 0.499. The molecule has 1 amide bonds. The smallest absolute Gasteiger partial charge is 0.340 e. The minimum absolute atomic E-state index is 0.0172. The molecule has 0 atom stereocenters. The lowest BCUT2D eigenvalue weighted by molar-refractivity contribution is -0.119. The van der Waals surface area contributed by atoms with Crippen molar-refractivity contribution >= 4 is 35.0 Å². The van der Waals surface area contributed by atoms with Gasteiger partial charge in [0.05, 0.1) is 5.56 Å². The van der Waals surface area contributed by atoms with Gasteiger partial charge in [-0.3, -0.25) is 4.79 Å². The van der Waals surface area contributed by atoms with E-state index in [2.05, 4.69) is 5.32 Å². The van der Waals surface area contributed by atoms with Gasteiger partial charge in [0.25, 0.3) is 5.91 Å². The second-order valence-electron chi connectivity index (χ2n) is 4.59. The van der Waals surface area contributed by atoms with Crippen molar-refractivity contribution in [3.8, 4) is 0 Å². The lowest BCUT2D eigenvalue weighted by Crippen LogP contribution is -2.21. The van der Waals surface area contributed by atoms with Gasteiger partial charge in [0.15, 0.2) is 6.61 Å². The monoisotopic (exact) mass is 334 g/mol. The number of nitrogen functional groups attached to an aromatic ring is 1. The van der Waals surface area contributed by atoms with Gasteiger partial charge in [0.2, 0.25) is 0 Å². The molecule has 0 saturated heterocycles. The number of halogens is 1. The number of anilines is 2. The second kappa shape index (κ2) is 7.64. The maximum Gasteiger partial charge on any atom is 0.340 e. The Morgan fingerprint density at radius 2 is 2.04 bits per heavy atom. The third-order valence-electron chi connectivity index (χ3n) is 2.92. The summed E-state index contributed by atoms with van der Waals surface area (Å²) in [5.41, 5.74) is 6.13. The summed E-state index contributed by atoms with van der Waals surface area (Å²) in [4.78, 5) is 24.6. The first kappa shape index (κ1) is 16.8.